The largest absolute Gasteiger partial charge is 0.436 e. The van der Waals surface area contributed by atoms with Crippen LogP contribution in [0.3, 0.4) is 0 Å². The Labute approximate surface area is 354 Å². The Balaban J connectivity index is 0.000000158. The minimum Gasteiger partial charge on any atom is -0.436 e. The number of anilines is 2. The summed E-state index contributed by atoms with van der Waals surface area (Å²) in [4.78, 5) is 61.8. The molecule has 2 saturated heterocycles. The Morgan fingerprint density at radius 1 is 0.565 bits per heavy atom. The van der Waals surface area contributed by atoms with E-state index in [9.17, 15) is 9.59 Å². The van der Waals surface area contributed by atoms with E-state index in [1.165, 1.54) is 0 Å². The van der Waals surface area contributed by atoms with Crippen LogP contribution in [0.4, 0.5) is 11.6 Å². The van der Waals surface area contributed by atoms with Gasteiger partial charge in [0.15, 0.2) is 23.3 Å². The summed E-state index contributed by atoms with van der Waals surface area (Å²) in [7, 11) is 0. The third-order valence-electron chi connectivity index (χ3n) is 10.5. The highest BCUT2D eigenvalue weighted by molar-refractivity contribution is 6.08. The summed E-state index contributed by atoms with van der Waals surface area (Å²) in [6.45, 7) is 2.68. The molecular weight excluding hydrogens is 785 g/mol. The lowest BCUT2D eigenvalue weighted by Gasteiger charge is -2.18. The molecule has 6 heterocycles. The van der Waals surface area contributed by atoms with Gasteiger partial charge in [-0.2, -0.15) is 10.5 Å². The van der Waals surface area contributed by atoms with E-state index in [1.54, 1.807) is 73.3 Å². The van der Waals surface area contributed by atoms with Crippen molar-refractivity contribution in [2.75, 3.05) is 36.0 Å². The smallest absolute Gasteiger partial charge is 0.263 e. The summed E-state index contributed by atoms with van der Waals surface area (Å²) in [5.41, 5.74) is 4.15. The van der Waals surface area contributed by atoms with E-state index in [0.717, 1.165) is 48.0 Å². The van der Waals surface area contributed by atoms with Crippen LogP contribution in [-0.2, 0) is 0 Å². The normalized spacial score (nSPS) is 15.7. The Kier molecular flexibility index (Phi) is 10.9. The van der Waals surface area contributed by atoms with Crippen molar-refractivity contribution >= 4 is 45.3 Å². The van der Waals surface area contributed by atoms with Crippen molar-refractivity contribution in [1.82, 2.24) is 39.9 Å². The zero-order valence-corrected chi connectivity index (χ0v) is 33.0. The highest BCUT2D eigenvalue weighted by Gasteiger charge is 2.28. The maximum absolute atomic E-state index is 12.8. The molecule has 2 atom stereocenters. The molecule has 2 fully saturated rings. The fourth-order valence-electron chi connectivity index (χ4n) is 7.30. The number of imidazole rings is 2. The molecular formula is C46H36N12O4. The third-order valence-corrected chi connectivity index (χ3v) is 10.5. The van der Waals surface area contributed by atoms with Crippen molar-refractivity contribution in [3.8, 4) is 35.4 Å². The van der Waals surface area contributed by atoms with Crippen molar-refractivity contribution in [3.05, 3.63) is 145 Å². The quantitative estimate of drug-likeness (QED) is 0.128. The highest BCUT2D eigenvalue weighted by Crippen LogP contribution is 2.33. The Morgan fingerprint density at radius 2 is 0.968 bits per heavy atom. The Hall–Kier alpha value is -8.50. The van der Waals surface area contributed by atoms with Gasteiger partial charge in [-0.25, -0.2) is 29.9 Å². The number of ketones is 2. The molecule has 0 unspecified atom stereocenters. The van der Waals surface area contributed by atoms with Crippen LogP contribution in [0.2, 0.25) is 0 Å². The monoisotopic (exact) mass is 820 g/mol. The first-order valence-electron chi connectivity index (χ1n) is 19.9. The molecule has 8 aromatic rings. The van der Waals surface area contributed by atoms with E-state index >= 15 is 0 Å². The van der Waals surface area contributed by atoms with Crippen LogP contribution < -0.4 is 19.3 Å². The van der Waals surface area contributed by atoms with Gasteiger partial charge in [0.25, 0.3) is 11.8 Å². The standard InChI is InChI=1S/2C23H18N6O2/c2*24-13-15-9-12-29(14-15)22-23(26-11-10-25-22)31-17-7-5-16(6-8-17)20(30)21-27-18-3-1-2-4-19(18)28-21/h2*1-8,10-11,15H,9,12,14H2,(H,27,28)/t2*15-/m10/s1. The zero-order valence-electron chi connectivity index (χ0n) is 33.0. The van der Waals surface area contributed by atoms with Crippen LogP contribution in [0, 0.1) is 34.5 Å². The van der Waals surface area contributed by atoms with E-state index in [0.29, 0.717) is 70.8 Å². The number of fused-ring (bicyclic) bond motifs is 2. The summed E-state index contributed by atoms with van der Waals surface area (Å²) in [5.74, 6) is 3.24. The van der Waals surface area contributed by atoms with Crippen LogP contribution in [0.1, 0.15) is 45.2 Å². The number of benzene rings is 4. The summed E-state index contributed by atoms with van der Waals surface area (Å²) < 4.78 is 11.9. The molecule has 0 bridgehead atoms. The van der Waals surface area contributed by atoms with Gasteiger partial charge in [0.1, 0.15) is 11.5 Å². The minimum absolute atomic E-state index is 0.0154. The molecule has 0 aliphatic carbocycles. The second kappa shape index (κ2) is 17.4. The first-order chi connectivity index (χ1) is 30.4. The predicted molar refractivity (Wildman–Crippen MR) is 228 cm³/mol. The van der Waals surface area contributed by atoms with Crippen LogP contribution >= 0.6 is 0 Å². The van der Waals surface area contributed by atoms with Gasteiger partial charge in [-0.15, -0.1) is 0 Å². The number of hydrogen-bond donors (Lipinski definition) is 2. The number of rotatable bonds is 10. The van der Waals surface area contributed by atoms with E-state index < -0.39 is 0 Å². The molecule has 2 aliphatic rings. The molecule has 62 heavy (non-hydrogen) atoms. The first-order valence-corrected chi connectivity index (χ1v) is 19.9. The third kappa shape index (κ3) is 8.34. The number of para-hydroxylation sites is 4. The van der Waals surface area contributed by atoms with Gasteiger partial charge >= 0.3 is 0 Å². The number of hydrogen-bond acceptors (Lipinski definition) is 14. The van der Waals surface area contributed by atoms with Crippen molar-refractivity contribution < 1.29 is 19.1 Å². The number of H-pyrrole nitrogens is 2. The summed E-state index contributed by atoms with van der Waals surface area (Å²) >= 11 is 0. The lowest BCUT2D eigenvalue weighted by molar-refractivity contribution is 0.102. The summed E-state index contributed by atoms with van der Waals surface area (Å²) in [5, 5.41) is 18.3. The molecule has 10 rings (SSSR count). The number of nitrogens with zero attached hydrogens (tertiary/aromatic N) is 10. The van der Waals surface area contributed by atoms with Crippen molar-refractivity contribution in [2.45, 2.75) is 12.8 Å². The van der Waals surface area contributed by atoms with Gasteiger partial charge < -0.3 is 29.2 Å². The maximum Gasteiger partial charge on any atom is 0.263 e. The molecule has 0 radical (unpaired) electrons. The predicted octanol–water partition coefficient (Wildman–Crippen LogP) is 7.45. The van der Waals surface area contributed by atoms with Gasteiger partial charge in [0.05, 0.1) is 46.0 Å². The number of ether oxygens (including phenoxy) is 2. The van der Waals surface area contributed by atoms with Gasteiger partial charge in [-0.05, 0) is 85.6 Å². The Morgan fingerprint density at radius 3 is 1.35 bits per heavy atom. The molecule has 4 aromatic heterocycles. The molecule has 4 aromatic carbocycles. The molecule has 2 aliphatic heterocycles. The first kappa shape index (κ1) is 39.0. The van der Waals surface area contributed by atoms with Crippen molar-refractivity contribution in [1.29, 1.82) is 10.5 Å². The lowest BCUT2D eigenvalue weighted by Crippen LogP contribution is -2.21. The number of aromatic amines is 2. The molecule has 0 amide bonds. The molecule has 0 saturated carbocycles. The fraction of sp³-hybridized carbons (Fsp3) is 0.174. The Bertz CT molecular complexity index is 2720. The van der Waals surface area contributed by atoms with Crippen molar-refractivity contribution in [3.63, 3.8) is 0 Å². The van der Waals surface area contributed by atoms with E-state index in [2.05, 4.69) is 52.0 Å². The second-order valence-corrected chi connectivity index (χ2v) is 14.6. The molecule has 304 valence electrons. The van der Waals surface area contributed by atoms with E-state index in [4.69, 9.17) is 20.0 Å². The number of nitriles is 2. The molecule has 2 N–H and O–H groups in total. The van der Waals surface area contributed by atoms with Gasteiger partial charge in [-0.3, -0.25) is 9.59 Å². The van der Waals surface area contributed by atoms with E-state index in [1.807, 2.05) is 58.3 Å². The summed E-state index contributed by atoms with van der Waals surface area (Å²) in [6, 6.07) is 33.3. The average Bonchev–Trinajstić information content (AvgIpc) is 4.16. The van der Waals surface area contributed by atoms with Crippen molar-refractivity contribution in [2.24, 2.45) is 11.8 Å². The highest BCUT2D eigenvalue weighted by atomic mass is 16.5. The summed E-state index contributed by atoms with van der Waals surface area (Å²) in [6.07, 6.45) is 7.94. The minimum atomic E-state index is -0.192. The van der Waals surface area contributed by atoms with Crippen LogP contribution in [0.5, 0.6) is 23.3 Å². The number of carbonyl (C=O) groups is 2. The van der Waals surface area contributed by atoms with Crippen LogP contribution in [0.25, 0.3) is 22.1 Å². The molecule has 0 spiro atoms. The second-order valence-electron chi connectivity index (χ2n) is 14.6. The zero-order chi connectivity index (χ0) is 42.4. The van der Waals surface area contributed by atoms with Gasteiger partial charge in [0.2, 0.25) is 11.6 Å². The van der Waals surface area contributed by atoms with Gasteiger partial charge in [0, 0.05) is 62.1 Å². The number of aromatic nitrogens is 8. The van der Waals surface area contributed by atoms with Crippen LogP contribution in [0.15, 0.2) is 122 Å². The fourth-order valence-corrected chi connectivity index (χ4v) is 7.30. The maximum atomic E-state index is 12.8. The van der Waals surface area contributed by atoms with Gasteiger partial charge in [-0.1, -0.05) is 24.3 Å². The topological polar surface area (TPSA) is 216 Å². The lowest BCUT2D eigenvalue weighted by atomic mass is 10.1. The molecule has 16 heteroatoms. The number of nitrogens with one attached hydrogen (secondary N) is 2. The average molecular weight is 821 g/mol. The van der Waals surface area contributed by atoms with E-state index in [-0.39, 0.29) is 23.4 Å². The number of carbonyl (C=O) groups excluding carboxylic acids is 2. The molecule has 16 nitrogen and oxygen atoms in total. The SMILES string of the molecule is N#C[C@@H]1CCN(c2nccnc2Oc2ccc(C(=O)c3nc4ccccc4[nH]3)cc2)C1.N#C[C@H]1CCN(c2nccnc2Oc2ccc(C(=O)c3nc4ccccc4[nH]3)cc2)C1. The van der Waals surface area contributed by atoms with Crippen LogP contribution in [-0.4, -0.2) is 77.6 Å².